The van der Waals surface area contributed by atoms with Crippen LogP contribution in [-0.2, 0) is 11.3 Å². The Labute approximate surface area is 118 Å². The minimum Gasteiger partial charge on any atom is -0.381 e. The second-order valence-corrected chi connectivity index (χ2v) is 5.29. The van der Waals surface area contributed by atoms with Gasteiger partial charge in [-0.3, -0.25) is 4.90 Å². The first-order chi connectivity index (χ1) is 9.63. The minimum absolute atomic E-state index is 0.0820. The SMILES string of the molecule is COC1CCN(Cc2cccc(C(F)F)c2)C(CN)C1. The molecule has 5 heteroatoms. The molecule has 0 radical (unpaired) electrons. The van der Waals surface area contributed by atoms with E-state index in [-0.39, 0.29) is 17.7 Å². The van der Waals surface area contributed by atoms with Crippen LogP contribution in [0.4, 0.5) is 8.78 Å². The molecule has 0 spiro atoms. The third-order valence-electron chi connectivity index (χ3n) is 3.98. The van der Waals surface area contributed by atoms with Crippen molar-refractivity contribution in [1.82, 2.24) is 4.90 Å². The van der Waals surface area contributed by atoms with Crippen LogP contribution in [0.5, 0.6) is 0 Å². The summed E-state index contributed by atoms with van der Waals surface area (Å²) in [5, 5.41) is 0. The summed E-state index contributed by atoms with van der Waals surface area (Å²) in [7, 11) is 1.72. The number of hydrogen-bond donors (Lipinski definition) is 1. The Balaban J connectivity index is 2.03. The highest BCUT2D eigenvalue weighted by atomic mass is 19.3. The number of hydrogen-bond acceptors (Lipinski definition) is 3. The van der Waals surface area contributed by atoms with Crippen molar-refractivity contribution in [1.29, 1.82) is 0 Å². The molecule has 112 valence electrons. The summed E-state index contributed by atoms with van der Waals surface area (Å²) in [6, 6.07) is 6.88. The van der Waals surface area contributed by atoms with Crippen LogP contribution in [0.2, 0.25) is 0 Å². The van der Waals surface area contributed by atoms with Crippen molar-refractivity contribution in [2.75, 3.05) is 20.2 Å². The third kappa shape index (κ3) is 3.75. The van der Waals surface area contributed by atoms with Gasteiger partial charge in [0, 0.05) is 38.3 Å². The highest BCUT2D eigenvalue weighted by molar-refractivity contribution is 5.24. The zero-order chi connectivity index (χ0) is 14.5. The second kappa shape index (κ2) is 7.11. The number of rotatable bonds is 5. The van der Waals surface area contributed by atoms with E-state index in [0.29, 0.717) is 13.1 Å². The molecule has 1 aromatic rings. The van der Waals surface area contributed by atoms with Crippen LogP contribution < -0.4 is 5.73 Å². The minimum atomic E-state index is -2.42. The van der Waals surface area contributed by atoms with E-state index < -0.39 is 6.43 Å². The van der Waals surface area contributed by atoms with Crippen LogP contribution in [0.15, 0.2) is 24.3 Å². The first-order valence-corrected chi connectivity index (χ1v) is 6.98. The van der Waals surface area contributed by atoms with E-state index in [9.17, 15) is 8.78 Å². The summed E-state index contributed by atoms with van der Waals surface area (Å²) < 4.78 is 30.8. The number of methoxy groups -OCH3 is 1. The molecule has 1 aromatic carbocycles. The zero-order valence-electron chi connectivity index (χ0n) is 11.8. The molecule has 1 aliphatic heterocycles. The molecule has 0 bridgehead atoms. The van der Waals surface area contributed by atoms with Crippen molar-refractivity contribution in [3.8, 4) is 0 Å². The Morgan fingerprint density at radius 2 is 2.25 bits per heavy atom. The Hall–Kier alpha value is -1.04. The van der Waals surface area contributed by atoms with Crippen LogP contribution in [0.25, 0.3) is 0 Å². The molecule has 2 unspecified atom stereocenters. The Morgan fingerprint density at radius 1 is 1.45 bits per heavy atom. The lowest BCUT2D eigenvalue weighted by Gasteiger charge is -2.38. The van der Waals surface area contributed by atoms with Gasteiger partial charge in [0.1, 0.15) is 0 Å². The van der Waals surface area contributed by atoms with E-state index in [1.54, 1.807) is 19.2 Å². The third-order valence-corrected chi connectivity index (χ3v) is 3.98. The molecule has 2 atom stereocenters. The quantitative estimate of drug-likeness (QED) is 0.903. The van der Waals surface area contributed by atoms with E-state index in [0.717, 1.165) is 24.9 Å². The fraction of sp³-hybridized carbons (Fsp3) is 0.600. The van der Waals surface area contributed by atoms with Crippen molar-refractivity contribution in [2.45, 2.75) is 38.0 Å². The fourth-order valence-electron chi connectivity index (χ4n) is 2.79. The second-order valence-electron chi connectivity index (χ2n) is 5.29. The van der Waals surface area contributed by atoms with Gasteiger partial charge in [0.05, 0.1) is 6.10 Å². The molecule has 2 N–H and O–H groups in total. The van der Waals surface area contributed by atoms with Crippen molar-refractivity contribution < 1.29 is 13.5 Å². The van der Waals surface area contributed by atoms with Gasteiger partial charge in [-0.25, -0.2) is 8.78 Å². The lowest BCUT2D eigenvalue weighted by Crippen LogP contribution is -2.47. The van der Waals surface area contributed by atoms with Gasteiger partial charge in [-0.05, 0) is 24.5 Å². The predicted molar refractivity (Wildman–Crippen MR) is 74.7 cm³/mol. The molecular formula is C15H22F2N2O. The molecule has 20 heavy (non-hydrogen) atoms. The summed E-state index contributed by atoms with van der Waals surface area (Å²) in [5.41, 5.74) is 6.82. The van der Waals surface area contributed by atoms with Crippen molar-refractivity contribution in [3.63, 3.8) is 0 Å². The van der Waals surface area contributed by atoms with Crippen LogP contribution >= 0.6 is 0 Å². The maximum atomic E-state index is 12.7. The Bertz CT molecular complexity index is 428. The maximum absolute atomic E-state index is 12.7. The van der Waals surface area contributed by atoms with E-state index in [2.05, 4.69) is 4.90 Å². The van der Waals surface area contributed by atoms with E-state index in [1.165, 1.54) is 6.07 Å². The zero-order valence-corrected chi connectivity index (χ0v) is 11.8. The standard InChI is InChI=1S/C15H22F2N2O/c1-20-14-5-6-19(13(8-14)9-18)10-11-3-2-4-12(7-11)15(16)17/h2-4,7,13-15H,5-6,8-10,18H2,1H3. The average Bonchev–Trinajstić information content (AvgIpc) is 2.48. The maximum Gasteiger partial charge on any atom is 0.263 e. The predicted octanol–water partition coefficient (Wildman–Crippen LogP) is 2.56. The molecule has 0 amide bonds. The highest BCUT2D eigenvalue weighted by Crippen LogP contribution is 2.24. The number of ether oxygens (including phenoxy) is 1. The van der Waals surface area contributed by atoms with E-state index >= 15 is 0 Å². The summed E-state index contributed by atoms with van der Waals surface area (Å²) in [5.74, 6) is 0. The Morgan fingerprint density at radius 3 is 2.90 bits per heavy atom. The molecule has 1 fully saturated rings. The topological polar surface area (TPSA) is 38.5 Å². The molecule has 1 heterocycles. The summed E-state index contributed by atoms with van der Waals surface area (Å²) in [4.78, 5) is 2.26. The highest BCUT2D eigenvalue weighted by Gasteiger charge is 2.27. The van der Waals surface area contributed by atoms with Gasteiger partial charge >= 0.3 is 0 Å². The summed E-state index contributed by atoms with van der Waals surface area (Å²) in [6.45, 7) is 2.12. The van der Waals surface area contributed by atoms with Gasteiger partial charge < -0.3 is 10.5 Å². The fourth-order valence-corrected chi connectivity index (χ4v) is 2.79. The normalized spacial score (nSPS) is 24.2. The lowest BCUT2D eigenvalue weighted by molar-refractivity contribution is 0.0102. The lowest BCUT2D eigenvalue weighted by atomic mass is 9.98. The molecule has 2 rings (SSSR count). The van der Waals surface area contributed by atoms with Gasteiger partial charge in [-0.2, -0.15) is 0 Å². The number of alkyl halides is 2. The van der Waals surface area contributed by atoms with Crippen LogP contribution in [-0.4, -0.2) is 37.2 Å². The number of nitrogens with zero attached hydrogens (tertiary/aromatic N) is 1. The summed E-state index contributed by atoms with van der Waals surface area (Å²) >= 11 is 0. The van der Waals surface area contributed by atoms with E-state index in [4.69, 9.17) is 10.5 Å². The van der Waals surface area contributed by atoms with Crippen molar-refractivity contribution in [2.24, 2.45) is 5.73 Å². The van der Waals surface area contributed by atoms with Gasteiger partial charge in [-0.1, -0.05) is 18.2 Å². The molecule has 0 aromatic heterocycles. The van der Waals surface area contributed by atoms with Gasteiger partial charge in [0.2, 0.25) is 0 Å². The molecule has 3 nitrogen and oxygen atoms in total. The number of benzene rings is 1. The van der Waals surface area contributed by atoms with Gasteiger partial charge in [0.25, 0.3) is 6.43 Å². The van der Waals surface area contributed by atoms with Gasteiger partial charge in [0.15, 0.2) is 0 Å². The molecule has 0 saturated carbocycles. The van der Waals surface area contributed by atoms with E-state index in [1.807, 2.05) is 6.07 Å². The number of nitrogens with two attached hydrogens (primary N) is 1. The molecule has 1 aliphatic rings. The number of halogens is 2. The smallest absolute Gasteiger partial charge is 0.263 e. The number of piperidine rings is 1. The monoisotopic (exact) mass is 284 g/mol. The number of likely N-dealkylation sites (tertiary alicyclic amines) is 1. The Kier molecular flexibility index (Phi) is 5.46. The van der Waals surface area contributed by atoms with Crippen LogP contribution in [0.1, 0.15) is 30.4 Å². The first-order valence-electron chi connectivity index (χ1n) is 6.98. The van der Waals surface area contributed by atoms with Crippen LogP contribution in [0, 0.1) is 0 Å². The van der Waals surface area contributed by atoms with Crippen LogP contribution in [0.3, 0.4) is 0 Å². The van der Waals surface area contributed by atoms with Crippen molar-refractivity contribution in [3.05, 3.63) is 35.4 Å². The molecular weight excluding hydrogens is 262 g/mol. The summed E-state index contributed by atoms with van der Waals surface area (Å²) in [6.07, 6.45) is -0.296. The molecule has 1 saturated heterocycles. The first kappa shape index (κ1) is 15.4. The average molecular weight is 284 g/mol. The van der Waals surface area contributed by atoms with Gasteiger partial charge in [-0.15, -0.1) is 0 Å². The largest absolute Gasteiger partial charge is 0.381 e. The molecule has 0 aliphatic carbocycles. The van der Waals surface area contributed by atoms with Crippen molar-refractivity contribution >= 4 is 0 Å².